The van der Waals surface area contributed by atoms with Crippen molar-refractivity contribution < 1.29 is 9.53 Å². The summed E-state index contributed by atoms with van der Waals surface area (Å²) >= 11 is 0. The van der Waals surface area contributed by atoms with Crippen molar-refractivity contribution >= 4 is 5.97 Å². The first-order valence-corrected chi connectivity index (χ1v) is 6.12. The van der Waals surface area contributed by atoms with E-state index >= 15 is 0 Å². The molecular weight excluding hydrogens is 204 g/mol. The number of carbonyl (C=O) groups excluding carboxylic acids is 1. The summed E-state index contributed by atoms with van der Waals surface area (Å²) in [7, 11) is 0. The third kappa shape index (κ3) is 6.08. The Labute approximate surface area is 98.3 Å². The molecule has 0 amide bonds. The topological polar surface area (TPSA) is 41.6 Å². The predicted octanol–water partition coefficient (Wildman–Crippen LogP) is 1.01. The van der Waals surface area contributed by atoms with Crippen LogP contribution in [-0.4, -0.2) is 49.2 Å². The molecule has 1 aliphatic heterocycles. The minimum absolute atomic E-state index is 0.172. The Balaban J connectivity index is 2.00. The maximum absolute atomic E-state index is 11.4. The second-order valence-corrected chi connectivity index (χ2v) is 5.31. The van der Waals surface area contributed by atoms with E-state index < -0.39 is 0 Å². The number of nitrogens with one attached hydrogen (secondary N) is 1. The van der Waals surface area contributed by atoms with Crippen molar-refractivity contribution in [3.05, 3.63) is 0 Å². The van der Waals surface area contributed by atoms with Crippen LogP contribution in [-0.2, 0) is 9.53 Å². The lowest BCUT2D eigenvalue weighted by Crippen LogP contribution is -2.35. The van der Waals surface area contributed by atoms with Gasteiger partial charge in [0, 0.05) is 13.1 Å². The van der Waals surface area contributed by atoms with Gasteiger partial charge in [-0.05, 0) is 46.7 Å². The average Bonchev–Trinajstić information content (AvgIpc) is 2.62. The highest BCUT2D eigenvalue weighted by molar-refractivity contribution is 5.72. The Morgan fingerprint density at radius 1 is 1.31 bits per heavy atom. The van der Waals surface area contributed by atoms with Crippen molar-refractivity contribution in [2.24, 2.45) is 0 Å². The van der Waals surface area contributed by atoms with Crippen molar-refractivity contribution in [1.29, 1.82) is 0 Å². The SMILES string of the molecule is CC(C)(C)OC(=O)CNCCN1CCCC1. The van der Waals surface area contributed by atoms with Gasteiger partial charge in [0.25, 0.3) is 0 Å². The molecule has 0 aliphatic carbocycles. The molecule has 0 radical (unpaired) electrons. The molecule has 1 fully saturated rings. The van der Waals surface area contributed by atoms with E-state index in [2.05, 4.69) is 10.2 Å². The van der Waals surface area contributed by atoms with E-state index in [4.69, 9.17) is 4.74 Å². The molecule has 0 unspecified atom stereocenters. The molecule has 0 aromatic rings. The molecule has 16 heavy (non-hydrogen) atoms. The van der Waals surface area contributed by atoms with Crippen molar-refractivity contribution in [1.82, 2.24) is 10.2 Å². The molecule has 4 heteroatoms. The molecule has 94 valence electrons. The quantitative estimate of drug-likeness (QED) is 0.563. The van der Waals surface area contributed by atoms with Crippen LogP contribution in [0, 0.1) is 0 Å². The highest BCUT2D eigenvalue weighted by atomic mass is 16.6. The lowest BCUT2D eigenvalue weighted by molar-refractivity contribution is -0.153. The number of hydrogen-bond donors (Lipinski definition) is 1. The Morgan fingerprint density at radius 2 is 1.94 bits per heavy atom. The van der Waals surface area contributed by atoms with Gasteiger partial charge in [-0.1, -0.05) is 0 Å². The number of rotatable bonds is 5. The normalized spacial score (nSPS) is 17.7. The highest BCUT2D eigenvalue weighted by Crippen LogP contribution is 2.06. The van der Waals surface area contributed by atoms with Crippen LogP contribution in [0.1, 0.15) is 33.6 Å². The van der Waals surface area contributed by atoms with Gasteiger partial charge in [0.05, 0.1) is 6.54 Å². The molecule has 4 nitrogen and oxygen atoms in total. The standard InChI is InChI=1S/C12H24N2O2/c1-12(2,3)16-11(15)10-13-6-9-14-7-4-5-8-14/h13H,4-10H2,1-3H3. The summed E-state index contributed by atoms with van der Waals surface area (Å²) in [4.78, 5) is 13.8. The van der Waals surface area contributed by atoms with E-state index in [0.717, 1.165) is 13.1 Å². The van der Waals surface area contributed by atoms with E-state index in [1.807, 2.05) is 20.8 Å². The molecule has 0 aromatic heterocycles. The first-order chi connectivity index (χ1) is 7.47. The van der Waals surface area contributed by atoms with Gasteiger partial charge in [-0.15, -0.1) is 0 Å². The summed E-state index contributed by atoms with van der Waals surface area (Å²) in [5, 5.41) is 3.12. The van der Waals surface area contributed by atoms with Gasteiger partial charge in [-0.3, -0.25) is 4.79 Å². The van der Waals surface area contributed by atoms with Crippen molar-refractivity contribution in [2.75, 3.05) is 32.7 Å². The first-order valence-electron chi connectivity index (χ1n) is 6.12. The van der Waals surface area contributed by atoms with Crippen LogP contribution in [0.15, 0.2) is 0 Å². The van der Waals surface area contributed by atoms with Crippen LogP contribution in [0.3, 0.4) is 0 Å². The van der Waals surface area contributed by atoms with Crippen molar-refractivity contribution in [2.45, 2.75) is 39.2 Å². The van der Waals surface area contributed by atoms with Crippen LogP contribution >= 0.6 is 0 Å². The number of esters is 1. The lowest BCUT2D eigenvalue weighted by atomic mass is 10.2. The van der Waals surface area contributed by atoms with Crippen LogP contribution in [0.4, 0.5) is 0 Å². The molecule has 0 spiro atoms. The molecule has 0 aromatic carbocycles. The van der Waals surface area contributed by atoms with Gasteiger partial charge >= 0.3 is 5.97 Å². The molecule has 1 N–H and O–H groups in total. The minimum atomic E-state index is -0.381. The van der Waals surface area contributed by atoms with Gasteiger partial charge in [0.1, 0.15) is 5.60 Å². The molecule has 0 bridgehead atoms. The zero-order valence-electron chi connectivity index (χ0n) is 10.7. The smallest absolute Gasteiger partial charge is 0.320 e. The van der Waals surface area contributed by atoms with E-state index in [-0.39, 0.29) is 11.6 Å². The molecule has 0 saturated carbocycles. The van der Waals surface area contributed by atoms with E-state index in [0.29, 0.717) is 6.54 Å². The molecule has 1 heterocycles. The maximum Gasteiger partial charge on any atom is 0.320 e. The Hall–Kier alpha value is -0.610. The van der Waals surface area contributed by atoms with Crippen LogP contribution in [0.5, 0.6) is 0 Å². The van der Waals surface area contributed by atoms with Crippen LogP contribution in [0.2, 0.25) is 0 Å². The number of nitrogens with zero attached hydrogens (tertiary/aromatic N) is 1. The molecule has 1 rings (SSSR count). The summed E-state index contributed by atoms with van der Waals surface area (Å²) in [6.45, 7) is 10.3. The van der Waals surface area contributed by atoms with Gasteiger partial charge in [0.2, 0.25) is 0 Å². The Bertz CT molecular complexity index is 218. The number of likely N-dealkylation sites (tertiary alicyclic amines) is 1. The Kier molecular flexibility index (Phi) is 5.22. The highest BCUT2D eigenvalue weighted by Gasteiger charge is 2.16. The predicted molar refractivity (Wildman–Crippen MR) is 64.4 cm³/mol. The first kappa shape index (κ1) is 13.5. The van der Waals surface area contributed by atoms with Crippen molar-refractivity contribution in [3.63, 3.8) is 0 Å². The zero-order valence-corrected chi connectivity index (χ0v) is 10.7. The maximum atomic E-state index is 11.4. The number of carbonyl (C=O) groups is 1. The monoisotopic (exact) mass is 228 g/mol. The summed E-state index contributed by atoms with van der Waals surface area (Å²) in [6.07, 6.45) is 2.62. The van der Waals surface area contributed by atoms with Gasteiger partial charge < -0.3 is 15.0 Å². The average molecular weight is 228 g/mol. The van der Waals surface area contributed by atoms with E-state index in [1.165, 1.54) is 25.9 Å². The lowest BCUT2D eigenvalue weighted by Gasteiger charge is -2.20. The summed E-state index contributed by atoms with van der Waals surface area (Å²) in [6, 6.07) is 0. The zero-order chi connectivity index (χ0) is 12.0. The summed E-state index contributed by atoms with van der Waals surface area (Å²) < 4.78 is 5.19. The van der Waals surface area contributed by atoms with Gasteiger partial charge in [0.15, 0.2) is 0 Å². The fourth-order valence-corrected chi connectivity index (χ4v) is 1.81. The fourth-order valence-electron chi connectivity index (χ4n) is 1.81. The third-order valence-electron chi connectivity index (χ3n) is 2.49. The molecular formula is C12H24N2O2. The second kappa shape index (κ2) is 6.21. The molecule has 0 atom stereocenters. The summed E-state index contributed by atoms with van der Waals surface area (Å²) in [5.41, 5.74) is -0.381. The van der Waals surface area contributed by atoms with E-state index in [1.54, 1.807) is 0 Å². The third-order valence-corrected chi connectivity index (χ3v) is 2.49. The molecule has 1 aliphatic rings. The fraction of sp³-hybridized carbons (Fsp3) is 0.917. The Morgan fingerprint density at radius 3 is 2.50 bits per heavy atom. The van der Waals surface area contributed by atoms with E-state index in [9.17, 15) is 4.79 Å². The number of hydrogen-bond acceptors (Lipinski definition) is 4. The largest absolute Gasteiger partial charge is 0.459 e. The molecule has 1 saturated heterocycles. The number of ether oxygens (including phenoxy) is 1. The summed E-state index contributed by atoms with van der Waals surface area (Å²) in [5.74, 6) is -0.172. The second-order valence-electron chi connectivity index (χ2n) is 5.31. The van der Waals surface area contributed by atoms with Crippen LogP contribution in [0.25, 0.3) is 0 Å². The van der Waals surface area contributed by atoms with Crippen LogP contribution < -0.4 is 5.32 Å². The van der Waals surface area contributed by atoms with Gasteiger partial charge in [-0.2, -0.15) is 0 Å². The van der Waals surface area contributed by atoms with Gasteiger partial charge in [-0.25, -0.2) is 0 Å². The van der Waals surface area contributed by atoms with Crippen molar-refractivity contribution in [3.8, 4) is 0 Å². The minimum Gasteiger partial charge on any atom is -0.459 e.